The molecule has 1 fully saturated rings. The fraction of sp³-hybridized carbons (Fsp3) is 0.474. The molecule has 0 spiro atoms. The second-order valence-corrected chi connectivity index (χ2v) is 7.29. The number of carbonyl (C=O) groups is 1. The fourth-order valence-electron chi connectivity index (χ4n) is 3.87. The first kappa shape index (κ1) is 17.5. The Morgan fingerprint density at radius 2 is 2.11 bits per heavy atom. The Bertz CT molecular complexity index is 1060. The summed E-state index contributed by atoms with van der Waals surface area (Å²) < 4.78 is 8.98. The van der Waals surface area contributed by atoms with Crippen LogP contribution in [-0.2, 0) is 20.5 Å². The first-order chi connectivity index (χ1) is 13.0. The van der Waals surface area contributed by atoms with Gasteiger partial charge in [-0.1, -0.05) is 0 Å². The van der Waals surface area contributed by atoms with E-state index in [1.165, 1.54) is 10.9 Å². The number of aryl methyl sites for hydroxylation is 3. The molecule has 3 aromatic rings. The van der Waals surface area contributed by atoms with Crippen LogP contribution in [-0.4, -0.2) is 43.0 Å². The van der Waals surface area contributed by atoms with Gasteiger partial charge in [0.25, 0.3) is 11.5 Å². The summed E-state index contributed by atoms with van der Waals surface area (Å²) >= 11 is 0. The highest BCUT2D eigenvalue weighted by atomic mass is 16.3. The summed E-state index contributed by atoms with van der Waals surface area (Å²) in [7, 11) is 3.60. The number of amides is 1. The molecule has 3 aromatic heterocycles. The van der Waals surface area contributed by atoms with Gasteiger partial charge in [0.1, 0.15) is 23.3 Å². The van der Waals surface area contributed by atoms with E-state index in [2.05, 4.69) is 9.97 Å². The predicted molar refractivity (Wildman–Crippen MR) is 99.5 cm³/mol. The van der Waals surface area contributed by atoms with Gasteiger partial charge >= 0.3 is 0 Å². The molecule has 1 amide bonds. The lowest BCUT2D eigenvalue weighted by Crippen LogP contribution is -2.41. The van der Waals surface area contributed by atoms with Gasteiger partial charge in [0.2, 0.25) is 5.71 Å². The molecular formula is C19H23N5O3. The van der Waals surface area contributed by atoms with Gasteiger partial charge in [-0.05, 0) is 25.7 Å². The average molecular weight is 369 g/mol. The highest BCUT2D eigenvalue weighted by molar-refractivity contribution is 6.06. The Hall–Kier alpha value is -2.90. The van der Waals surface area contributed by atoms with E-state index >= 15 is 0 Å². The summed E-state index contributed by atoms with van der Waals surface area (Å²) in [5.74, 6) is 1.67. The molecule has 1 unspecified atom stereocenters. The summed E-state index contributed by atoms with van der Waals surface area (Å²) in [6.07, 6.45) is 7.97. The van der Waals surface area contributed by atoms with Gasteiger partial charge in [-0.25, -0.2) is 9.97 Å². The number of rotatable bonds is 3. The lowest BCUT2D eigenvalue weighted by Gasteiger charge is -2.32. The Labute approximate surface area is 156 Å². The topological polar surface area (TPSA) is 86.2 Å². The average Bonchev–Trinajstić information content (AvgIpc) is 3.21. The van der Waals surface area contributed by atoms with Crippen molar-refractivity contribution in [1.82, 2.24) is 24.0 Å². The van der Waals surface area contributed by atoms with Crippen molar-refractivity contribution in [2.24, 2.45) is 20.0 Å². The van der Waals surface area contributed by atoms with Crippen molar-refractivity contribution >= 4 is 17.0 Å². The second-order valence-electron chi connectivity index (χ2n) is 7.29. The molecule has 1 aliphatic rings. The van der Waals surface area contributed by atoms with Crippen LogP contribution < -0.4 is 5.56 Å². The second kappa shape index (κ2) is 6.68. The van der Waals surface area contributed by atoms with Gasteiger partial charge in [-0.3, -0.25) is 9.59 Å². The number of aromatic nitrogens is 4. The van der Waals surface area contributed by atoms with Gasteiger partial charge in [0.05, 0.1) is 5.56 Å². The third-order valence-corrected chi connectivity index (χ3v) is 5.36. The summed E-state index contributed by atoms with van der Waals surface area (Å²) in [6, 6.07) is 0. The molecule has 0 saturated carbocycles. The number of hydrogen-bond acceptors (Lipinski definition) is 5. The molecule has 4 rings (SSSR count). The van der Waals surface area contributed by atoms with Gasteiger partial charge in [0, 0.05) is 46.0 Å². The number of nitrogens with zero attached hydrogens (tertiary/aromatic N) is 5. The number of hydrogen-bond donors (Lipinski definition) is 0. The van der Waals surface area contributed by atoms with Crippen LogP contribution >= 0.6 is 0 Å². The van der Waals surface area contributed by atoms with Crippen molar-refractivity contribution in [2.45, 2.75) is 26.2 Å². The van der Waals surface area contributed by atoms with Crippen LogP contribution in [0.5, 0.6) is 0 Å². The van der Waals surface area contributed by atoms with Gasteiger partial charge in [-0.2, -0.15) is 0 Å². The third kappa shape index (κ3) is 3.05. The molecule has 0 bridgehead atoms. The molecule has 142 valence electrons. The van der Waals surface area contributed by atoms with E-state index in [1.807, 2.05) is 22.7 Å². The minimum Gasteiger partial charge on any atom is -0.442 e. The number of imidazole rings is 1. The lowest BCUT2D eigenvalue weighted by atomic mass is 9.94. The Morgan fingerprint density at radius 1 is 1.30 bits per heavy atom. The van der Waals surface area contributed by atoms with Crippen LogP contribution in [0.1, 0.15) is 34.8 Å². The van der Waals surface area contributed by atoms with Crippen LogP contribution in [0.25, 0.3) is 11.1 Å². The van der Waals surface area contributed by atoms with Crippen molar-refractivity contribution < 1.29 is 9.21 Å². The van der Waals surface area contributed by atoms with E-state index in [9.17, 15) is 9.59 Å². The van der Waals surface area contributed by atoms with Crippen LogP contribution in [0, 0.1) is 12.8 Å². The quantitative estimate of drug-likeness (QED) is 0.701. The molecule has 4 heterocycles. The van der Waals surface area contributed by atoms with E-state index < -0.39 is 0 Å². The Balaban J connectivity index is 1.62. The van der Waals surface area contributed by atoms with Gasteiger partial charge in [0.15, 0.2) is 0 Å². The molecule has 1 saturated heterocycles. The standard InChI is InChI=1S/C19H23N5O3/c1-12-15(16-17(27-12)21-11-23(3)18(16)25)19(26)24-7-4-5-13(10-24)9-14-20-6-8-22(14)2/h6,8,11,13H,4-5,7,9-10H2,1-3H3. The minimum atomic E-state index is -0.262. The monoisotopic (exact) mass is 369 g/mol. The number of fused-ring (bicyclic) bond motifs is 1. The first-order valence-electron chi connectivity index (χ1n) is 9.16. The molecule has 8 nitrogen and oxygen atoms in total. The third-order valence-electron chi connectivity index (χ3n) is 5.36. The minimum absolute atomic E-state index is 0.152. The maximum atomic E-state index is 13.2. The van der Waals surface area contributed by atoms with E-state index in [1.54, 1.807) is 20.2 Å². The van der Waals surface area contributed by atoms with Crippen LogP contribution in [0.4, 0.5) is 0 Å². The van der Waals surface area contributed by atoms with Crippen LogP contribution in [0.2, 0.25) is 0 Å². The van der Waals surface area contributed by atoms with Crippen molar-refractivity contribution in [1.29, 1.82) is 0 Å². The summed E-state index contributed by atoms with van der Waals surface area (Å²) in [4.78, 5) is 36.2. The zero-order chi connectivity index (χ0) is 19.1. The highest BCUT2D eigenvalue weighted by Crippen LogP contribution is 2.26. The summed E-state index contributed by atoms with van der Waals surface area (Å²) in [5.41, 5.74) is 0.304. The van der Waals surface area contributed by atoms with E-state index in [0.29, 0.717) is 30.3 Å². The van der Waals surface area contributed by atoms with E-state index in [0.717, 1.165) is 25.1 Å². The van der Waals surface area contributed by atoms with Crippen molar-refractivity contribution in [3.05, 3.63) is 46.2 Å². The molecule has 1 atom stereocenters. The molecule has 1 aliphatic heterocycles. The summed E-state index contributed by atoms with van der Waals surface area (Å²) in [5, 5.41) is 0.272. The number of furan rings is 1. The van der Waals surface area contributed by atoms with E-state index in [-0.39, 0.29) is 22.6 Å². The number of carbonyl (C=O) groups excluding carboxylic acids is 1. The maximum absolute atomic E-state index is 13.2. The SMILES string of the molecule is Cc1oc2ncn(C)c(=O)c2c1C(=O)N1CCCC(Cc2nccn2C)C1. The molecule has 0 N–H and O–H groups in total. The zero-order valence-corrected chi connectivity index (χ0v) is 15.8. The van der Waals surface area contributed by atoms with Crippen molar-refractivity contribution in [3.63, 3.8) is 0 Å². The smallest absolute Gasteiger partial charge is 0.265 e. The van der Waals surface area contributed by atoms with Crippen LogP contribution in [0.3, 0.4) is 0 Å². The molecule has 8 heteroatoms. The largest absolute Gasteiger partial charge is 0.442 e. The molecule has 0 aliphatic carbocycles. The maximum Gasteiger partial charge on any atom is 0.265 e. The van der Waals surface area contributed by atoms with Crippen LogP contribution in [0.15, 0.2) is 27.9 Å². The van der Waals surface area contributed by atoms with Crippen molar-refractivity contribution in [2.75, 3.05) is 13.1 Å². The van der Waals surface area contributed by atoms with Gasteiger partial charge < -0.3 is 18.5 Å². The number of piperidine rings is 1. The predicted octanol–water partition coefficient (Wildman–Crippen LogP) is 1.66. The van der Waals surface area contributed by atoms with Crippen molar-refractivity contribution in [3.8, 4) is 0 Å². The van der Waals surface area contributed by atoms with Gasteiger partial charge in [-0.15, -0.1) is 0 Å². The Kier molecular flexibility index (Phi) is 4.33. The Morgan fingerprint density at radius 3 is 2.85 bits per heavy atom. The molecular weight excluding hydrogens is 346 g/mol. The molecule has 0 radical (unpaired) electrons. The lowest BCUT2D eigenvalue weighted by molar-refractivity contribution is 0.0671. The summed E-state index contributed by atoms with van der Waals surface area (Å²) in [6.45, 7) is 3.05. The normalized spacial score (nSPS) is 17.6. The number of likely N-dealkylation sites (tertiary alicyclic amines) is 1. The fourth-order valence-corrected chi connectivity index (χ4v) is 3.87. The zero-order valence-electron chi connectivity index (χ0n) is 15.8. The van der Waals surface area contributed by atoms with E-state index in [4.69, 9.17) is 4.42 Å². The highest BCUT2D eigenvalue weighted by Gasteiger charge is 2.30. The molecule has 27 heavy (non-hydrogen) atoms. The first-order valence-corrected chi connectivity index (χ1v) is 9.16. The molecule has 0 aromatic carbocycles.